The Morgan fingerprint density at radius 3 is 2.21 bits per heavy atom. The highest BCUT2D eigenvalue weighted by atomic mass is 79.9. The maximum atomic E-state index is 12.1. The van der Waals surface area contributed by atoms with Crippen molar-refractivity contribution in [3.8, 4) is 17.2 Å². The molecule has 0 heterocycles. The zero-order chi connectivity index (χ0) is 17.5. The van der Waals surface area contributed by atoms with Crippen molar-refractivity contribution in [1.29, 1.82) is 0 Å². The van der Waals surface area contributed by atoms with Crippen molar-refractivity contribution in [3.05, 3.63) is 46.4 Å². The molecule has 1 N–H and O–H groups in total. The fourth-order valence-corrected chi connectivity index (χ4v) is 2.75. The number of benzene rings is 2. The Balaban J connectivity index is 1.98. The van der Waals surface area contributed by atoms with Crippen LogP contribution in [0.25, 0.3) is 0 Å². The Bertz CT molecular complexity index is 701. The summed E-state index contributed by atoms with van der Waals surface area (Å²) in [5.41, 5.74) is 1.73. The van der Waals surface area contributed by atoms with E-state index in [-0.39, 0.29) is 5.91 Å². The summed E-state index contributed by atoms with van der Waals surface area (Å²) in [7, 11) is 4.78. The van der Waals surface area contributed by atoms with Gasteiger partial charge in [-0.25, -0.2) is 0 Å². The molecule has 0 unspecified atom stereocenters. The molecule has 2 rings (SSSR count). The lowest BCUT2D eigenvalue weighted by molar-refractivity contribution is -0.116. The zero-order valence-electron chi connectivity index (χ0n) is 13.9. The molecule has 0 fully saturated rings. The van der Waals surface area contributed by atoms with Crippen molar-refractivity contribution in [2.75, 3.05) is 26.6 Å². The Hall–Kier alpha value is -2.21. The molecule has 0 spiro atoms. The molecule has 0 atom stereocenters. The number of carbonyl (C=O) groups is 1. The highest BCUT2D eigenvalue weighted by Gasteiger charge is 2.11. The van der Waals surface area contributed by atoms with Gasteiger partial charge in [-0.3, -0.25) is 4.79 Å². The number of carbonyl (C=O) groups excluding carboxylic acids is 1. The van der Waals surface area contributed by atoms with Gasteiger partial charge in [0.1, 0.15) is 5.75 Å². The van der Waals surface area contributed by atoms with Crippen LogP contribution in [0, 0.1) is 0 Å². The molecule has 0 aromatic heterocycles. The average molecular weight is 394 g/mol. The van der Waals surface area contributed by atoms with Crippen LogP contribution in [0.15, 0.2) is 40.9 Å². The lowest BCUT2D eigenvalue weighted by atomic mass is 10.1. The van der Waals surface area contributed by atoms with Crippen LogP contribution >= 0.6 is 15.9 Å². The molecule has 0 aliphatic rings. The first-order valence-corrected chi connectivity index (χ1v) is 8.21. The molecule has 24 heavy (non-hydrogen) atoms. The van der Waals surface area contributed by atoms with Crippen molar-refractivity contribution >= 4 is 27.5 Å². The van der Waals surface area contributed by atoms with E-state index >= 15 is 0 Å². The number of anilines is 1. The summed E-state index contributed by atoms with van der Waals surface area (Å²) >= 11 is 3.50. The number of hydrogen-bond donors (Lipinski definition) is 1. The first kappa shape index (κ1) is 18.1. The number of nitrogens with one attached hydrogen (secondary N) is 1. The van der Waals surface area contributed by atoms with Gasteiger partial charge in [-0.05, 0) is 48.4 Å². The molecule has 0 radical (unpaired) electrons. The van der Waals surface area contributed by atoms with E-state index in [4.69, 9.17) is 14.2 Å². The summed E-state index contributed by atoms with van der Waals surface area (Å²) < 4.78 is 16.5. The van der Waals surface area contributed by atoms with E-state index in [9.17, 15) is 4.79 Å². The molecule has 2 aromatic carbocycles. The third kappa shape index (κ3) is 4.64. The molecule has 0 saturated heterocycles. The van der Waals surface area contributed by atoms with Crippen LogP contribution in [0.1, 0.15) is 12.0 Å². The van der Waals surface area contributed by atoms with E-state index in [2.05, 4.69) is 21.2 Å². The highest BCUT2D eigenvalue weighted by molar-refractivity contribution is 9.10. The van der Waals surface area contributed by atoms with Crippen LogP contribution in [0.2, 0.25) is 0 Å². The molecule has 2 aromatic rings. The fraction of sp³-hybridized carbons (Fsp3) is 0.278. The number of hydrogen-bond acceptors (Lipinski definition) is 4. The Labute approximate surface area is 150 Å². The number of halogens is 1. The van der Waals surface area contributed by atoms with Gasteiger partial charge in [0, 0.05) is 16.6 Å². The van der Waals surface area contributed by atoms with E-state index in [1.165, 1.54) is 0 Å². The molecule has 5 nitrogen and oxygen atoms in total. The van der Waals surface area contributed by atoms with Crippen LogP contribution in [0.3, 0.4) is 0 Å². The average Bonchev–Trinajstić information content (AvgIpc) is 2.61. The van der Waals surface area contributed by atoms with Gasteiger partial charge in [0.15, 0.2) is 11.5 Å². The maximum absolute atomic E-state index is 12.1. The van der Waals surface area contributed by atoms with Crippen LogP contribution in [0.4, 0.5) is 5.69 Å². The van der Waals surface area contributed by atoms with Gasteiger partial charge in [0.05, 0.1) is 21.3 Å². The predicted octanol–water partition coefficient (Wildman–Crippen LogP) is 4.05. The van der Waals surface area contributed by atoms with Crippen LogP contribution < -0.4 is 19.5 Å². The third-order valence-corrected chi connectivity index (χ3v) is 4.29. The summed E-state index contributed by atoms with van der Waals surface area (Å²) in [6, 6.07) is 11.0. The summed E-state index contributed by atoms with van der Waals surface area (Å²) in [6.45, 7) is 0. The molecule has 1 amide bonds. The lowest BCUT2D eigenvalue weighted by Gasteiger charge is -2.12. The van der Waals surface area contributed by atoms with Gasteiger partial charge in [-0.1, -0.05) is 15.9 Å². The SMILES string of the molecule is COc1ccc(NC(=O)CCc2cc(OC)c(OC)cc2Br)cc1. The minimum atomic E-state index is -0.0538. The number of rotatable bonds is 7. The van der Waals surface area contributed by atoms with Crippen LogP contribution in [-0.2, 0) is 11.2 Å². The second-order valence-electron chi connectivity index (χ2n) is 5.08. The predicted molar refractivity (Wildman–Crippen MR) is 97.2 cm³/mol. The topological polar surface area (TPSA) is 56.8 Å². The van der Waals surface area contributed by atoms with Crippen molar-refractivity contribution < 1.29 is 19.0 Å². The fourth-order valence-electron chi connectivity index (χ4n) is 2.23. The summed E-state index contributed by atoms with van der Waals surface area (Å²) in [5, 5.41) is 2.87. The van der Waals surface area contributed by atoms with Crippen molar-refractivity contribution in [3.63, 3.8) is 0 Å². The first-order valence-electron chi connectivity index (χ1n) is 7.41. The monoisotopic (exact) mass is 393 g/mol. The number of aryl methyl sites for hydroxylation is 1. The van der Waals surface area contributed by atoms with Crippen molar-refractivity contribution in [2.45, 2.75) is 12.8 Å². The molecule has 0 saturated carbocycles. The summed E-state index contributed by atoms with van der Waals surface area (Å²) in [6.07, 6.45) is 0.947. The first-order chi connectivity index (χ1) is 11.6. The van der Waals surface area contributed by atoms with E-state index in [0.29, 0.717) is 24.3 Å². The minimum absolute atomic E-state index is 0.0538. The maximum Gasteiger partial charge on any atom is 0.224 e. The Morgan fingerprint density at radius 1 is 1.00 bits per heavy atom. The standard InChI is InChI=1S/C18H20BrNO4/c1-22-14-7-5-13(6-8-14)20-18(21)9-4-12-10-16(23-2)17(24-3)11-15(12)19/h5-8,10-11H,4,9H2,1-3H3,(H,20,21). The normalized spacial score (nSPS) is 10.2. The second kappa shape index (κ2) is 8.59. The molecule has 0 aliphatic carbocycles. The molecule has 0 bridgehead atoms. The quantitative estimate of drug-likeness (QED) is 0.770. The number of amides is 1. The Kier molecular flexibility index (Phi) is 6.49. The third-order valence-electron chi connectivity index (χ3n) is 3.55. The summed E-state index contributed by atoms with van der Waals surface area (Å²) in [4.78, 5) is 12.1. The van der Waals surface area contributed by atoms with Crippen molar-refractivity contribution in [1.82, 2.24) is 0 Å². The largest absolute Gasteiger partial charge is 0.497 e. The van der Waals surface area contributed by atoms with E-state index in [1.54, 1.807) is 33.5 Å². The highest BCUT2D eigenvalue weighted by Crippen LogP contribution is 2.33. The Morgan fingerprint density at radius 2 is 1.62 bits per heavy atom. The molecule has 6 heteroatoms. The van der Waals surface area contributed by atoms with E-state index < -0.39 is 0 Å². The lowest BCUT2D eigenvalue weighted by Crippen LogP contribution is -2.12. The van der Waals surface area contributed by atoms with Crippen LogP contribution in [0.5, 0.6) is 17.2 Å². The second-order valence-corrected chi connectivity index (χ2v) is 5.93. The summed E-state index contributed by atoms with van der Waals surface area (Å²) in [5.74, 6) is 1.99. The van der Waals surface area contributed by atoms with Gasteiger partial charge < -0.3 is 19.5 Å². The van der Waals surface area contributed by atoms with Gasteiger partial charge in [-0.15, -0.1) is 0 Å². The van der Waals surface area contributed by atoms with Crippen LogP contribution in [-0.4, -0.2) is 27.2 Å². The van der Waals surface area contributed by atoms with Gasteiger partial charge in [0.25, 0.3) is 0 Å². The van der Waals surface area contributed by atoms with E-state index in [0.717, 1.165) is 21.5 Å². The number of ether oxygens (including phenoxy) is 3. The zero-order valence-corrected chi connectivity index (χ0v) is 15.5. The minimum Gasteiger partial charge on any atom is -0.497 e. The number of methoxy groups -OCH3 is 3. The molecule has 128 valence electrons. The van der Waals surface area contributed by atoms with Gasteiger partial charge >= 0.3 is 0 Å². The molecular formula is C18H20BrNO4. The van der Waals surface area contributed by atoms with Crippen molar-refractivity contribution in [2.24, 2.45) is 0 Å². The molecule has 0 aliphatic heterocycles. The van der Waals surface area contributed by atoms with E-state index in [1.807, 2.05) is 24.3 Å². The smallest absolute Gasteiger partial charge is 0.224 e. The molecular weight excluding hydrogens is 374 g/mol. The van der Waals surface area contributed by atoms with Gasteiger partial charge in [0.2, 0.25) is 5.91 Å². The van der Waals surface area contributed by atoms with Gasteiger partial charge in [-0.2, -0.15) is 0 Å².